The zero-order chi connectivity index (χ0) is 16.1. The van der Waals surface area contributed by atoms with Crippen molar-refractivity contribution in [3.8, 4) is 10.8 Å². The number of piperidine rings is 1. The van der Waals surface area contributed by atoms with Crippen LogP contribution in [0.15, 0.2) is 28.2 Å². The summed E-state index contributed by atoms with van der Waals surface area (Å²) in [5.41, 5.74) is 0.706. The number of aliphatic hydroxyl groups excluding tert-OH is 1. The fourth-order valence-electron chi connectivity index (χ4n) is 2.89. The molecule has 2 N–H and O–H groups in total. The van der Waals surface area contributed by atoms with Crippen molar-refractivity contribution in [3.63, 3.8) is 0 Å². The highest BCUT2D eigenvalue weighted by Gasteiger charge is 2.26. The van der Waals surface area contributed by atoms with E-state index in [2.05, 4.69) is 10.3 Å². The van der Waals surface area contributed by atoms with E-state index in [1.165, 1.54) is 0 Å². The summed E-state index contributed by atoms with van der Waals surface area (Å²) < 4.78 is 5.45. The van der Waals surface area contributed by atoms with Crippen molar-refractivity contribution in [2.45, 2.75) is 38.3 Å². The maximum atomic E-state index is 12.4. The molecule has 6 nitrogen and oxygen atoms in total. The molecule has 1 aliphatic heterocycles. The second kappa shape index (κ2) is 7.61. The van der Waals surface area contributed by atoms with E-state index in [9.17, 15) is 4.79 Å². The highest BCUT2D eigenvalue weighted by Crippen LogP contribution is 2.24. The quantitative estimate of drug-likeness (QED) is 0.881. The Hall–Kier alpha value is -1.86. The van der Waals surface area contributed by atoms with Gasteiger partial charge in [-0.2, -0.15) is 0 Å². The second-order valence-corrected chi connectivity index (χ2v) is 6.58. The van der Waals surface area contributed by atoms with Gasteiger partial charge in [0.15, 0.2) is 0 Å². The lowest BCUT2D eigenvalue weighted by molar-refractivity contribution is 0.131. The average Bonchev–Trinajstić information content (AvgIpc) is 3.24. The lowest BCUT2D eigenvalue weighted by atomic mass is 10.0. The third-order valence-corrected chi connectivity index (χ3v) is 4.91. The van der Waals surface area contributed by atoms with E-state index >= 15 is 0 Å². The number of thiophene rings is 1. The Morgan fingerprint density at radius 3 is 3.22 bits per heavy atom. The van der Waals surface area contributed by atoms with Crippen molar-refractivity contribution in [2.75, 3.05) is 13.2 Å². The molecule has 124 valence electrons. The van der Waals surface area contributed by atoms with Crippen LogP contribution in [0.1, 0.15) is 31.4 Å². The molecule has 3 rings (SSSR count). The number of aliphatic hydroxyl groups is 1. The van der Waals surface area contributed by atoms with Crippen LogP contribution in [-0.4, -0.2) is 40.2 Å². The van der Waals surface area contributed by atoms with Gasteiger partial charge in [-0.15, -0.1) is 11.3 Å². The van der Waals surface area contributed by atoms with Gasteiger partial charge in [-0.25, -0.2) is 9.78 Å². The van der Waals surface area contributed by atoms with Crippen molar-refractivity contribution in [1.82, 2.24) is 15.2 Å². The van der Waals surface area contributed by atoms with Gasteiger partial charge in [0.05, 0.1) is 17.1 Å². The van der Waals surface area contributed by atoms with Gasteiger partial charge >= 0.3 is 6.03 Å². The molecular weight excluding hydrogens is 314 g/mol. The monoisotopic (exact) mass is 335 g/mol. The molecule has 1 unspecified atom stereocenters. The molecular formula is C16H21N3O3S. The molecule has 0 aliphatic carbocycles. The molecule has 0 saturated carbocycles. The number of urea groups is 1. The molecule has 2 aromatic heterocycles. The summed E-state index contributed by atoms with van der Waals surface area (Å²) in [5, 5.41) is 14.0. The van der Waals surface area contributed by atoms with E-state index in [1.807, 2.05) is 22.4 Å². The van der Waals surface area contributed by atoms with Crippen molar-refractivity contribution < 1.29 is 14.3 Å². The van der Waals surface area contributed by atoms with E-state index in [0.717, 1.165) is 30.7 Å². The predicted octanol–water partition coefficient (Wildman–Crippen LogP) is 2.85. The molecule has 0 aromatic carbocycles. The summed E-state index contributed by atoms with van der Waals surface area (Å²) in [5.74, 6) is 0.584. The molecule has 2 amide bonds. The number of nitrogens with one attached hydrogen (secondary N) is 1. The van der Waals surface area contributed by atoms with Gasteiger partial charge in [0.2, 0.25) is 5.89 Å². The van der Waals surface area contributed by atoms with Gasteiger partial charge in [-0.05, 0) is 37.1 Å². The SMILES string of the molecule is O=C(NCc1coc(-c2cccs2)n1)N1CCCCC1CCO. The molecule has 3 heterocycles. The molecule has 1 aliphatic rings. The number of carbonyl (C=O) groups excluding carboxylic acids is 1. The van der Waals surface area contributed by atoms with Gasteiger partial charge < -0.3 is 19.7 Å². The maximum Gasteiger partial charge on any atom is 0.317 e. The number of nitrogens with zero attached hydrogens (tertiary/aromatic N) is 2. The van der Waals surface area contributed by atoms with E-state index in [0.29, 0.717) is 24.6 Å². The highest BCUT2D eigenvalue weighted by molar-refractivity contribution is 7.13. The Balaban J connectivity index is 1.56. The van der Waals surface area contributed by atoms with Crippen LogP contribution in [0.2, 0.25) is 0 Å². The third-order valence-electron chi connectivity index (χ3n) is 4.05. The molecule has 23 heavy (non-hydrogen) atoms. The minimum absolute atomic E-state index is 0.0937. The van der Waals surface area contributed by atoms with Crippen molar-refractivity contribution in [2.24, 2.45) is 0 Å². The number of amides is 2. The predicted molar refractivity (Wildman–Crippen MR) is 88.1 cm³/mol. The zero-order valence-corrected chi connectivity index (χ0v) is 13.7. The van der Waals surface area contributed by atoms with Crippen LogP contribution >= 0.6 is 11.3 Å². The Morgan fingerprint density at radius 2 is 2.43 bits per heavy atom. The maximum absolute atomic E-state index is 12.4. The largest absolute Gasteiger partial charge is 0.443 e. The van der Waals surface area contributed by atoms with Crippen LogP contribution in [0.4, 0.5) is 4.79 Å². The second-order valence-electron chi connectivity index (χ2n) is 5.64. The summed E-state index contributed by atoms with van der Waals surface area (Å²) in [6, 6.07) is 3.94. The van der Waals surface area contributed by atoms with E-state index < -0.39 is 0 Å². The Bertz CT molecular complexity index is 624. The third kappa shape index (κ3) is 3.92. The molecule has 7 heteroatoms. The first kappa shape index (κ1) is 16.0. The molecule has 0 radical (unpaired) electrons. The number of aromatic nitrogens is 1. The van der Waals surface area contributed by atoms with E-state index in [4.69, 9.17) is 9.52 Å². The molecule has 2 aromatic rings. The minimum Gasteiger partial charge on any atom is -0.443 e. The molecule has 1 saturated heterocycles. The van der Waals surface area contributed by atoms with Gasteiger partial charge in [0.1, 0.15) is 6.26 Å². The topological polar surface area (TPSA) is 78.6 Å². The first-order valence-corrected chi connectivity index (χ1v) is 8.79. The van der Waals surface area contributed by atoms with Gasteiger partial charge in [-0.1, -0.05) is 6.07 Å². The summed E-state index contributed by atoms with van der Waals surface area (Å²) in [6.45, 7) is 1.20. The van der Waals surface area contributed by atoms with E-state index in [1.54, 1.807) is 17.6 Å². The fraction of sp³-hybridized carbons (Fsp3) is 0.500. The summed E-state index contributed by atoms with van der Waals surface area (Å²) in [7, 11) is 0. The molecule has 0 spiro atoms. The number of hydrogen-bond donors (Lipinski definition) is 2. The summed E-state index contributed by atoms with van der Waals surface area (Å²) >= 11 is 1.57. The molecule has 1 atom stereocenters. The first-order valence-electron chi connectivity index (χ1n) is 7.91. The lowest BCUT2D eigenvalue weighted by Crippen LogP contribution is -2.48. The number of rotatable bonds is 5. The number of hydrogen-bond acceptors (Lipinski definition) is 5. The highest BCUT2D eigenvalue weighted by atomic mass is 32.1. The van der Waals surface area contributed by atoms with E-state index in [-0.39, 0.29) is 18.7 Å². The fourth-order valence-corrected chi connectivity index (χ4v) is 3.54. The lowest BCUT2D eigenvalue weighted by Gasteiger charge is -2.35. The van der Waals surface area contributed by atoms with Crippen LogP contribution in [-0.2, 0) is 6.54 Å². The van der Waals surface area contributed by atoms with Crippen LogP contribution in [0, 0.1) is 0 Å². The number of carbonyl (C=O) groups is 1. The Morgan fingerprint density at radius 1 is 1.52 bits per heavy atom. The van der Waals surface area contributed by atoms with Crippen LogP contribution < -0.4 is 5.32 Å². The smallest absolute Gasteiger partial charge is 0.317 e. The van der Waals surface area contributed by atoms with Crippen LogP contribution in [0.3, 0.4) is 0 Å². The van der Waals surface area contributed by atoms with Crippen molar-refractivity contribution >= 4 is 17.4 Å². The normalized spacial score (nSPS) is 18.1. The Labute approximate surface area is 139 Å². The summed E-state index contributed by atoms with van der Waals surface area (Å²) in [4.78, 5) is 19.6. The molecule has 0 bridgehead atoms. The average molecular weight is 335 g/mol. The minimum atomic E-state index is -0.0937. The summed E-state index contributed by atoms with van der Waals surface area (Å²) in [6.07, 6.45) is 5.31. The molecule has 1 fully saturated rings. The zero-order valence-electron chi connectivity index (χ0n) is 12.9. The van der Waals surface area contributed by atoms with Gasteiger partial charge in [0, 0.05) is 19.2 Å². The van der Waals surface area contributed by atoms with Crippen molar-refractivity contribution in [3.05, 3.63) is 29.5 Å². The van der Waals surface area contributed by atoms with Crippen LogP contribution in [0.5, 0.6) is 0 Å². The number of oxazole rings is 1. The standard InChI is InChI=1S/C16H21N3O3S/c20-8-6-13-4-1-2-7-19(13)16(21)17-10-12-11-22-15(18-12)14-5-3-9-23-14/h3,5,9,11,13,20H,1-2,4,6-8,10H2,(H,17,21). The number of likely N-dealkylation sites (tertiary alicyclic amines) is 1. The Kier molecular flexibility index (Phi) is 5.30. The van der Waals surface area contributed by atoms with Gasteiger partial charge in [0.25, 0.3) is 0 Å². The first-order chi connectivity index (χ1) is 11.3. The van der Waals surface area contributed by atoms with Crippen LogP contribution in [0.25, 0.3) is 10.8 Å². The van der Waals surface area contributed by atoms with Gasteiger partial charge in [-0.3, -0.25) is 0 Å². The van der Waals surface area contributed by atoms with Crippen molar-refractivity contribution in [1.29, 1.82) is 0 Å².